The largest absolute Gasteiger partial charge is 0.478 e. The number of carboxylic acid groups (broad SMARTS) is 1. The molecular formula is C16H15F2NO2. The number of halogens is 2. The summed E-state index contributed by atoms with van der Waals surface area (Å²) in [6.07, 6.45) is 0.875. The second-order valence-electron chi connectivity index (χ2n) is 4.67. The summed E-state index contributed by atoms with van der Waals surface area (Å²) in [6, 6.07) is 8.93. The van der Waals surface area contributed by atoms with E-state index in [1.54, 1.807) is 12.1 Å². The van der Waals surface area contributed by atoms with E-state index in [1.807, 2.05) is 19.1 Å². The van der Waals surface area contributed by atoms with Crippen LogP contribution in [0, 0.1) is 11.6 Å². The Morgan fingerprint density at radius 3 is 2.10 bits per heavy atom. The van der Waals surface area contributed by atoms with Crippen molar-refractivity contribution in [3.8, 4) is 0 Å². The van der Waals surface area contributed by atoms with E-state index in [9.17, 15) is 13.6 Å². The van der Waals surface area contributed by atoms with Gasteiger partial charge in [0, 0.05) is 12.7 Å². The Kier molecular flexibility index (Phi) is 4.21. The predicted molar refractivity (Wildman–Crippen MR) is 77.2 cm³/mol. The van der Waals surface area contributed by atoms with E-state index in [4.69, 9.17) is 5.11 Å². The lowest BCUT2D eigenvalue weighted by Gasteiger charge is -2.21. The molecule has 0 aliphatic heterocycles. The molecule has 0 aliphatic rings. The van der Waals surface area contributed by atoms with Crippen LogP contribution >= 0.6 is 0 Å². The molecule has 3 nitrogen and oxygen atoms in total. The van der Waals surface area contributed by atoms with E-state index >= 15 is 0 Å². The van der Waals surface area contributed by atoms with Crippen molar-refractivity contribution in [3.05, 3.63) is 59.2 Å². The molecule has 0 atom stereocenters. The lowest BCUT2D eigenvalue weighted by Crippen LogP contribution is -2.14. The smallest absolute Gasteiger partial charge is 0.335 e. The minimum Gasteiger partial charge on any atom is -0.478 e. The molecule has 1 N–H and O–H groups in total. The Morgan fingerprint density at radius 1 is 1.14 bits per heavy atom. The number of aryl methyl sites for hydroxylation is 1. The molecule has 110 valence electrons. The van der Waals surface area contributed by atoms with E-state index in [1.165, 1.54) is 11.9 Å². The standard InChI is InChI=1S/C16H15F2NO2/c1-3-10-4-6-12(7-5-10)19(2)15-13(17)8-11(16(20)21)9-14(15)18/h4-9H,3H2,1-2H3,(H,20,21). The molecule has 2 aromatic carbocycles. The fourth-order valence-electron chi connectivity index (χ4n) is 2.09. The van der Waals surface area contributed by atoms with Gasteiger partial charge in [-0.1, -0.05) is 19.1 Å². The van der Waals surface area contributed by atoms with Crippen LogP contribution in [0.15, 0.2) is 36.4 Å². The highest BCUT2D eigenvalue weighted by Crippen LogP contribution is 2.30. The van der Waals surface area contributed by atoms with Gasteiger partial charge >= 0.3 is 5.97 Å². The van der Waals surface area contributed by atoms with Crippen molar-refractivity contribution in [1.82, 2.24) is 0 Å². The fraction of sp³-hybridized carbons (Fsp3) is 0.188. The molecule has 0 fully saturated rings. The monoisotopic (exact) mass is 291 g/mol. The molecule has 0 amide bonds. The molecule has 0 saturated heterocycles. The summed E-state index contributed by atoms with van der Waals surface area (Å²) in [6.45, 7) is 2.02. The van der Waals surface area contributed by atoms with E-state index in [-0.39, 0.29) is 5.69 Å². The van der Waals surface area contributed by atoms with Gasteiger partial charge in [-0.15, -0.1) is 0 Å². The van der Waals surface area contributed by atoms with Gasteiger partial charge in [0.05, 0.1) is 5.56 Å². The van der Waals surface area contributed by atoms with Crippen LogP contribution in [0.3, 0.4) is 0 Å². The van der Waals surface area contributed by atoms with Crippen molar-refractivity contribution in [2.45, 2.75) is 13.3 Å². The SMILES string of the molecule is CCc1ccc(N(C)c2c(F)cc(C(=O)O)cc2F)cc1. The van der Waals surface area contributed by atoms with Crippen LogP contribution in [0.25, 0.3) is 0 Å². The summed E-state index contributed by atoms with van der Waals surface area (Å²) < 4.78 is 28.0. The normalized spacial score (nSPS) is 10.5. The van der Waals surface area contributed by atoms with Crippen LogP contribution in [0.5, 0.6) is 0 Å². The number of anilines is 2. The Hall–Kier alpha value is -2.43. The molecule has 0 unspecified atom stereocenters. The highest BCUT2D eigenvalue weighted by molar-refractivity contribution is 5.88. The average Bonchev–Trinajstić information content (AvgIpc) is 2.46. The molecule has 0 aromatic heterocycles. The number of hydrogen-bond acceptors (Lipinski definition) is 2. The van der Waals surface area contributed by atoms with E-state index < -0.39 is 23.2 Å². The molecule has 2 rings (SSSR count). The third-order valence-corrected chi connectivity index (χ3v) is 3.33. The zero-order chi connectivity index (χ0) is 15.6. The first-order valence-electron chi connectivity index (χ1n) is 6.49. The van der Waals surface area contributed by atoms with Crippen molar-refractivity contribution in [3.63, 3.8) is 0 Å². The molecule has 0 aliphatic carbocycles. The minimum absolute atomic E-state index is 0.274. The lowest BCUT2D eigenvalue weighted by atomic mass is 10.1. The van der Waals surface area contributed by atoms with Crippen LogP contribution < -0.4 is 4.90 Å². The van der Waals surface area contributed by atoms with Crippen molar-refractivity contribution < 1.29 is 18.7 Å². The highest BCUT2D eigenvalue weighted by atomic mass is 19.1. The summed E-state index contributed by atoms with van der Waals surface area (Å²) >= 11 is 0. The zero-order valence-electron chi connectivity index (χ0n) is 11.7. The van der Waals surface area contributed by atoms with Gasteiger partial charge in [-0.2, -0.15) is 0 Å². The summed E-state index contributed by atoms with van der Waals surface area (Å²) in [5, 5.41) is 8.79. The Balaban J connectivity index is 2.42. The first kappa shape index (κ1) is 15.0. The molecule has 0 heterocycles. The molecular weight excluding hydrogens is 276 g/mol. The first-order chi connectivity index (χ1) is 9.93. The average molecular weight is 291 g/mol. The van der Waals surface area contributed by atoms with Gasteiger partial charge < -0.3 is 10.0 Å². The summed E-state index contributed by atoms with van der Waals surface area (Å²) in [7, 11) is 1.53. The Bertz CT molecular complexity index is 645. The summed E-state index contributed by atoms with van der Waals surface area (Å²) in [4.78, 5) is 12.1. The number of aromatic carboxylic acids is 1. The minimum atomic E-state index is -1.37. The maximum absolute atomic E-state index is 14.0. The van der Waals surface area contributed by atoms with Crippen molar-refractivity contribution in [2.75, 3.05) is 11.9 Å². The molecule has 0 spiro atoms. The van der Waals surface area contributed by atoms with Gasteiger partial charge in [0.2, 0.25) is 0 Å². The zero-order valence-corrected chi connectivity index (χ0v) is 11.7. The third kappa shape index (κ3) is 3.02. The van der Waals surface area contributed by atoms with E-state index in [0.717, 1.165) is 24.1 Å². The van der Waals surface area contributed by atoms with Gasteiger partial charge in [-0.3, -0.25) is 0 Å². The van der Waals surface area contributed by atoms with Crippen LogP contribution in [0.4, 0.5) is 20.2 Å². The van der Waals surface area contributed by atoms with Crippen molar-refractivity contribution >= 4 is 17.3 Å². The van der Waals surface area contributed by atoms with Gasteiger partial charge in [0.25, 0.3) is 0 Å². The van der Waals surface area contributed by atoms with Crippen LogP contribution in [-0.2, 0) is 6.42 Å². The van der Waals surface area contributed by atoms with Gasteiger partial charge in [-0.05, 0) is 36.2 Å². The number of carbonyl (C=O) groups is 1. The number of hydrogen-bond donors (Lipinski definition) is 1. The van der Waals surface area contributed by atoms with E-state index in [0.29, 0.717) is 5.69 Å². The maximum Gasteiger partial charge on any atom is 0.335 e. The summed E-state index contributed by atoms with van der Waals surface area (Å²) in [5.74, 6) is -3.18. The number of nitrogens with zero attached hydrogens (tertiary/aromatic N) is 1. The van der Waals surface area contributed by atoms with Crippen molar-refractivity contribution in [2.24, 2.45) is 0 Å². The van der Waals surface area contributed by atoms with Gasteiger partial charge in [-0.25, -0.2) is 13.6 Å². The third-order valence-electron chi connectivity index (χ3n) is 3.33. The van der Waals surface area contributed by atoms with Crippen LogP contribution in [-0.4, -0.2) is 18.1 Å². The fourth-order valence-corrected chi connectivity index (χ4v) is 2.09. The maximum atomic E-state index is 14.0. The molecule has 0 bridgehead atoms. The summed E-state index contributed by atoms with van der Waals surface area (Å²) in [5.41, 5.74) is 1.05. The molecule has 5 heteroatoms. The quantitative estimate of drug-likeness (QED) is 0.925. The van der Waals surface area contributed by atoms with Gasteiger partial charge in [0.1, 0.15) is 5.69 Å². The molecule has 0 radical (unpaired) electrons. The van der Waals surface area contributed by atoms with Gasteiger partial charge in [0.15, 0.2) is 11.6 Å². The second-order valence-corrected chi connectivity index (χ2v) is 4.67. The Labute approximate surface area is 121 Å². The predicted octanol–water partition coefficient (Wildman–Crippen LogP) is 3.99. The second kappa shape index (κ2) is 5.91. The van der Waals surface area contributed by atoms with E-state index in [2.05, 4.69) is 0 Å². The molecule has 0 saturated carbocycles. The topological polar surface area (TPSA) is 40.5 Å². The highest BCUT2D eigenvalue weighted by Gasteiger charge is 2.18. The van der Waals surface area contributed by atoms with Crippen LogP contribution in [0.1, 0.15) is 22.8 Å². The molecule has 21 heavy (non-hydrogen) atoms. The van der Waals surface area contributed by atoms with Crippen molar-refractivity contribution in [1.29, 1.82) is 0 Å². The van der Waals surface area contributed by atoms with Crippen LogP contribution in [0.2, 0.25) is 0 Å². The Morgan fingerprint density at radius 2 is 1.67 bits per heavy atom. The first-order valence-corrected chi connectivity index (χ1v) is 6.49. The molecule has 2 aromatic rings. The number of benzene rings is 2. The number of rotatable bonds is 4. The lowest BCUT2D eigenvalue weighted by molar-refractivity contribution is 0.0696. The number of carboxylic acids is 1.